The topological polar surface area (TPSA) is 96.0 Å². The van der Waals surface area contributed by atoms with Gasteiger partial charge in [0.2, 0.25) is 17.7 Å². The number of ketones is 1. The average Bonchev–Trinajstić information content (AvgIpc) is 2.74. The SMILES string of the molecule is CCC(=O)CCNC(=O)Cc1ccc(CN(C)C(=O)COCCCN(C)C(C)=O)cc1. The molecule has 0 saturated carbocycles. The third kappa shape index (κ3) is 11.3. The molecule has 8 heteroatoms. The Morgan fingerprint density at radius 3 is 2.26 bits per heavy atom. The number of carbonyl (C=O) groups excluding carboxylic acids is 4. The van der Waals surface area contributed by atoms with Crippen LogP contribution in [0.15, 0.2) is 24.3 Å². The van der Waals surface area contributed by atoms with Crippen molar-refractivity contribution in [2.45, 2.75) is 46.1 Å². The molecule has 0 unspecified atom stereocenters. The highest BCUT2D eigenvalue weighted by Gasteiger charge is 2.10. The molecule has 0 aliphatic carbocycles. The molecule has 0 radical (unpaired) electrons. The zero-order chi connectivity index (χ0) is 23.2. The smallest absolute Gasteiger partial charge is 0.248 e. The van der Waals surface area contributed by atoms with Crippen LogP contribution in [-0.4, -0.2) is 73.7 Å². The molecule has 0 aliphatic heterocycles. The molecule has 0 fully saturated rings. The van der Waals surface area contributed by atoms with Crippen LogP contribution < -0.4 is 5.32 Å². The molecular weight excluding hydrogens is 398 g/mol. The van der Waals surface area contributed by atoms with Gasteiger partial charge in [-0.25, -0.2) is 0 Å². The molecule has 0 heterocycles. The van der Waals surface area contributed by atoms with Gasteiger partial charge in [-0.05, 0) is 17.5 Å². The minimum atomic E-state index is -0.120. The fraction of sp³-hybridized carbons (Fsp3) is 0.565. The van der Waals surface area contributed by atoms with Crippen LogP contribution in [0.25, 0.3) is 0 Å². The summed E-state index contributed by atoms with van der Waals surface area (Å²) in [7, 11) is 3.45. The molecular formula is C23H35N3O5. The van der Waals surface area contributed by atoms with Gasteiger partial charge in [0.05, 0.1) is 6.42 Å². The first-order valence-electron chi connectivity index (χ1n) is 10.6. The highest BCUT2D eigenvalue weighted by molar-refractivity contribution is 5.81. The molecule has 1 N–H and O–H groups in total. The Bertz CT molecular complexity index is 733. The van der Waals surface area contributed by atoms with E-state index in [1.807, 2.05) is 24.3 Å². The normalized spacial score (nSPS) is 10.5. The zero-order valence-electron chi connectivity index (χ0n) is 19.1. The monoisotopic (exact) mass is 433 g/mol. The van der Waals surface area contributed by atoms with Crippen LogP contribution in [0, 0.1) is 0 Å². The third-order valence-corrected chi connectivity index (χ3v) is 4.90. The second-order valence-corrected chi connectivity index (χ2v) is 7.58. The maximum absolute atomic E-state index is 12.2. The van der Waals surface area contributed by atoms with Crippen molar-refractivity contribution >= 4 is 23.5 Å². The molecule has 0 bridgehead atoms. The van der Waals surface area contributed by atoms with E-state index >= 15 is 0 Å². The number of amides is 3. The molecule has 1 aromatic carbocycles. The van der Waals surface area contributed by atoms with E-state index < -0.39 is 0 Å². The summed E-state index contributed by atoms with van der Waals surface area (Å²) < 4.78 is 5.41. The number of ether oxygens (including phenoxy) is 1. The van der Waals surface area contributed by atoms with Crippen LogP contribution in [0.1, 0.15) is 44.2 Å². The van der Waals surface area contributed by atoms with Crippen molar-refractivity contribution in [2.24, 2.45) is 0 Å². The number of hydrogen-bond acceptors (Lipinski definition) is 5. The molecule has 0 aromatic heterocycles. The summed E-state index contributed by atoms with van der Waals surface area (Å²) in [5.41, 5.74) is 1.83. The standard InChI is InChI=1S/C23H35N3O5/c1-5-21(28)11-12-24-22(29)15-19-7-9-20(10-8-19)16-26(4)23(30)17-31-14-6-13-25(3)18(2)27/h7-10H,5-6,11-17H2,1-4H3,(H,24,29). The van der Waals surface area contributed by atoms with Gasteiger partial charge in [0, 0.05) is 60.1 Å². The minimum absolute atomic E-state index is 0.000918. The molecule has 3 amide bonds. The summed E-state index contributed by atoms with van der Waals surface area (Å²) in [6.45, 7) is 5.15. The van der Waals surface area contributed by atoms with E-state index in [0.717, 1.165) is 11.1 Å². The maximum atomic E-state index is 12.2. The lowest BCUT2D eigenvalue weighted by Crippen LogP contribution is -2.30. The van der Waals surface area contributed by atoms with Gasteiger partial charge in [0.25, 0.3) is 0 Å². The fourth-order valence-corrected chi connectivity index (χ4v) is 2.72. The van der Waals surface area contributed by atoms with Gasteiger partial charge in [-0.1, -0.05) is 31.2 Å². The number of nitrogens with zero attached hydrogens (tertiary/aromatic N) is 2. The highest BCUT2D eigenvalue weighted by atomic mass is 16.5. The Kier molecular flexibility index (Phi) is 12.1. The summed E-state index contributed by atoms with van der Waals surface area (Å²) in [6.07, 6.45) is 1.78. The van der Waals surface area contributed by atoms with E-state index in [2.05, 4.69) is 5.32 Å². The van der Waals surface area contributed by atoms with Crippen LogP contribution in [-0.2, 0) is 36.9 Å². The van der Waals surface area contributed by atoms with E-state index in [1.165, 1.54) is 6.92 Å². The molecule has 1 aromatic rings. The average molecular weight is 434 g/mol. The molecule has 8 nitrogen and oxygen atoms in total. The van der Waals surface area contributed by atoms with Crippen molar-refractivity contribution in [3.05, 3.63) is 35.4 Å². The number of rotatable bonds is 14. The Morgan fingerprint density at radius 2 is 1.65 bits per heavy atom. The predicted octanol–water partition coefficient (Wildman–Crippen LogP) is 1.56. The number of likely N-dealkylation sites (N-methyl/N-ethyl adjacent to an activating group) is 1. The molecule has 1 rings (SSSR count). The van der Waals surface area contributed by atoms with Crippen LogP contribution in [0.5, 0.6) is 0 Å². The largest absolute Gasteiger partial charge is 0.372 e. The highest BCUT2D eigenvalue weighted by Crippen LogP contribution is 2.08. The molecule has 0 atom stereocenters. The Balaban J connectivity index is 2.31. The number of nitrogens with one attached hydrogen (secondary N) is 1. The number of carbonyl (C=O) groups is 4. The van der Waals surface area contributed by atoms with Gasteiger partial charge in [0.15, 0.2) is 0 Å². The Labute approximate surface area is 184 Å². The van der Waals surface area contributed by atoms with Gasteiger partial charge < -0.3 is 19.9 Å². The molecule has 0 aliphatic rings. The Hall–Kier alpha value is -2.74. The minimum Gasteiger partial charge on any atom is -0.372 e. The van der Waals surface area contributed by atoms with Crippen molar-refractivity contribution in [3.8, 4) is 0 Å². The van der Waals surface area contributed by atoms with Crippen LogP contribution in [0.2, 0.25) is 0 Å². The van der Waals surface area contributed by atoms with E-state index in [4.69, 9.17) is 4.74 Å². The van der Waals surface area contributed by atoms with Crippen LogP contribution in [0.4, 0.5) is 0 Å². The molecule has 0 spiro atoms. The zero-order valence-corrected chi connectivity index (χ0v) is 19.1. The first-order valence-corrected chi connectivity index (χ1v) is 10.6. The lowest BCUT2D eigenvalue weighted by atomic mass is 10.1. The number of benzene rings is 1. The maximum Gasteiger partial charge on any atom is 0.248 e. The van der Waals surface area contributed by atoms with E-state index in [9.17, 15) is 19.2 Å². The van der Waals surface area contributed by atoms with Crippen molar-refractivity contribution in [1.82, 2.24) is 15.1 Å². The van der Waals surface area contributed by atoms with E-state index in [0.29, 0.717) is 45.5 Å². The van der Waals surface area contributed by atoms with Crippen molar-refractivity contribution in [2.75, 3.05) is 40.4 Å². The van der Waals surface area contributed by atoms with Crippen LogP contribution >= 0.6 is 0 Å². The van der Waals surface area contributed by atoms with Gasteiger partial charge in [-0.3, -0.25) is 19.2 Å². The van der Waals surface area contributed by atoms with Crippen molar-refractivity contribution in [1.29, 1.82) is 0 Å². The quantitative estimate of drug-likeness (QED) is 0.449. The summed E-state index contributed by atoms with van der Waals surface area (Å²) in [5.74, 6) is -0.0965. The molecule has 31 heavy (non-hydrogen) atoms. The van der Waals surface area contributed by atoms with Gasteiger partial charge in [0.1, 0.15) is 12.4 Å². The van der Waals surface area contributed by atoms with Gasteiger partial charge in [-0.2, -0.15) is 0 Å². The summed E-state index contributed by atoms with van der Waals surface area (Å²) in [5, 5.41) is 2.75. The lowest BCUT2D eigenvalue weighted by Gasteiger charge is -2.18. The second kappa shape index (κ2) is 14.3. The van der Waals surface area contributed by atoms with E-state index in [-0.39, 0.29) is 36.5 Å². The van der Waals surface area contributed by atoms with Crippen molar-refractivity contribution < 1.29 is 23.9 Å². The van der Waals surface area contributed by atoms with Gasteiger partial charge >= 0.3 is 0 Å². The number of hydrogen-bond donors (Lipinski definition) is 1. The summed E-state index contributed by atoms with van der Waals surface area (Å²) in [4.78, 5) is 49.7. The summed E-state index contributed by atoms with van der Waals surface area (Å²) in [6, 6.07) is 7.52. The first-order chi connectivity index (χ1) is 14.7. The Morgan fingerprint density at radius 1 is 1.00 bits per heavy atom. The number of Topliss-reactive ketones (excluding diaryl/α,β-unsaturated/α-hetero) is 1. The fourth-order valence-electron chi connectivity index (χ4n) is 2.72. The summed E-state index contributed by atoms with van der Waals surface area (Å²) >= 11 is 0. The van der Waals surface area contributed by atoms with E-state index in [1.54, 1.807) is 30.8 Å². The lowest BCUT2D eigenvalue weighted by molar-refractivity contribution is -0.135. The van der Waals surface area contributed by atoms with Gasteiger partial charge in [-0.15, -0.1) is 0 Å². The van der Waals surface area contributed by atoms with Crippen LogP contribution in [0.3, 0.4) is 0 Å². The molecule has 172 valence electrons. The van der Waals surface area contributed by atoms with Crippen molar-refractivity contribution in [3.63, 3.8) is 0 Å². The molecule has 0 saturated heterocycles. The predicted molar refractivity (Wildman–Crippen MR) is 118 cm³/mol. The second-order valence-electron chi connectivity index (χ2n) is 7.58. The first kappa shape index (κ1) is 26.3. The third-order valence-electron chi connectivity index (χ3n) is 4.90.